The van der Waals surface area contributed by atoms with Gasteiger partial charge in [-0.15, -0.1) is 0 Å². The van der Waals surface area contributed by atoms with E-state index in [9.17, 15) is 0 Å². The van der Waals surface area contributed by atoms with E-state index in [1.165, 1.54) is 0 Å². The zero-order valence-corrected chi connectivity index (χ0v) is 12.5. The van der Waals surface area contributed by atoms with Crippen LogP contribution in [0.15, 0.2) is 0 Å². The standard InChI is InChI=1S/C18H26/c1-9-11-6-13-15(9,4)16(5)10(2)12-7-17(13)8-14(11,3)18(12,16)17/h9-13H,6-8H2,1-5H3. The third-order valence-corrected chi connectivity index (χ3v) is 11.2. The summed E-state index contributed by atoms with van der Waals surface area (Å²) in [6.45, 7) is 13.4. The first-order valence-corrected chi connectivity index (χ1v) is 8.34. The van der Waals surface area contributed by atoms with Crippen LogP contribution in [0.2, 0.25) is 0 Å². The molecule has 98 valence electrons. The molecule has 0 saturated heterocycles. The molecule has 0 aromatic rings. The zero-order chi connectivity index (χ0) is 12.5. The maximum Gasteiger partial charge on any atom is -0.00879 e. The van der Waals surface area contributed by atoms with Gasteiger partial charge in [-0.05, 0) is 75.9 Å². The van der Waals surface area contributed by atoms with E-state index >= 15 is 0 Å². The summed E-state index contributed by atoms with van der Waals surface area (Å²) in [6, 6.07) is 0. The molecule has 8 rings (SSSR count). The van der Waals surface area contributed by atoms with Crippen LogP contribution in [-0.4, -0.2) is 0 Å². The van der Waals surface area contributed by atoms with Gasteiger partial charge in [0.15, 0.2) is 0 Å². The first-order valence-electron chi connectivity index (χ1n) is 8.34. The van der Waals surface area contributed by atoms with Crippen molar-refractivity contribution in [1.82, 2.24) is 0 Å². The Hall–Kier alpha value is 0. The van der Waals surface area contributed by atoms with Gasteiger partial charge in [0.05, 0.1) is 0 Å². The van der Waals surface area contributed by atoms with Crippen molar-refractivity contribution in [3.05, 3.63) is 0 Å². The minimum absolute atomic E-state index is 0.695. The lowest BCUT2D eigenvalue weighted by molar-refractivity contribution is -0.484. The van der Waals surface area contributed by atoms with Gasteiger partial charge < -0.3 is 0 Å². The Morgan fingerprint density at radius 3 is 2.39 bits per heavy atom. The molecule has 0 aromatic carbocycles. The molecular weight excluding hydrogens is 216 g/mol. The van der Waals surface area contributed by atoms with Crippen LogP contribution in [0.25, 0.3) is 0 Å². The van der Waals surface area contributed by atoms with Gasteiger partial charge in [0, 0.05) is 0 Å². The molecule has 18 heavy (non-hydrogen) atoms. The second-order valence-electron chi connectivity index (χ2n) is 9.83. The summed E-state index contributed by atoms with van der Waals surface area (Å²) < 4.78 is 0. The molecule has 0 radical (unpaired) electrons. The Morgan fingerprint density at radius 1 is 0.944 bits per heavy atom. The monoisotopic (exact) mass is 242 g/mol. The molecule has 8 aliphatic rings. The zero-order valence-electron chi connectivity index (χ0n) is 12.5. The van der Waals surface area contributed by atoms with Crippen molar-refractivity contribution in [3.63, 3.8) is 0 Å². The van der Waals surface area contributed by atoms with Gasteiger partial charge in [-0.2, -0.15) is 0 Å². The molecule has 10 unspecified atom stereocenters. The van der Waals surface area contributed by atoms with Crippen molar-refractivity contribution in [2.24, 2.45) is 56.7 Å². The SMILES string of the molecule is CC1C2CC3C45CC6C(C)C(C)(C13C)C64C2(C)C5. The molecule has 8 saturated carbocycles. The Balaban J connectivity index is 1.78. The highest BCUT2D eigenvalue weighted by atomic mass is 15.1. The highest BCUT2D eigenvalue weighted by Crippen LogP contribution is 3.10. The molecule has 0 N–H and O–H groups in total. The lowest BCUT2D eigenvalue weighted by atomic mass is 9.08. The Bertz CT molecular complexity index is 530. The highest BCUT2D eigenvalue weighted by molar-refractivity contribution is 5.52. The lowest BCUT2D eigenvalue weighted by Gasteiger charge is -2.95. The summed E-state index contributed by atoms with van der Waals surface area (Å²) in [5, 5.41) is 0. The van der Waals surface area contributed by atoms with E-state index in [1.54, 1.807) is 19.3 Å². The second-order valence-corrected chi connectivity index (χ2v) is 9.83. The van der Waals surface area contributed by atoms with Gasteiger partial charge in [0.25, 0.3) is 0 Å². The van der Waals surface area contributed by atoms with Crippen molar-refractivity contribution in [3.8, 4) is 0 Å². The van der Waals surface area contributed by atoms with Crippen molar-refractivity contribution >= 4 is 0 Å². The maximum absolute atomic E-state index is 2.73. The molecule has 2 spiro atoms. The van der Waals surface area contributed by atoms with Crippen molar-refractivity contribution in [2.45, 2.75) is 53.9 Å². The quantitative estimate of drug-likeness (QED) is 0.592. The highest BCUT2D eigenvalue weighted by Gasteiger charge is 3.05. The molecule has 0 aromatic heterocycles. The summed E-state index contributed by atoms with van der Waals surface area (Å²) in [5.41, 5.74) is 3.83. The lowest BCUT2D eigenvalue weighted by Crippen LogP contribution is -2.91. The van der Waals surface area contributed by atoms with E-state index in [1.807, 2.05) is 0 Å². The Kier molecular flexibility index (Phi) is 1.03. The van der Waals surface area contributed by atoms with Gasteiger partial charge in [0.2, 0.25) is 0 Å². The van der Waals surface area contributed by atoms with Crippen LogP contribution in [0.1, 0.15) is 53.9 Å². The number of rotatable bonds is 0. The summed E-state index contributed by atoms with van der Waals surface area (Å²) in [6.07, 6.45) is 4.85. The average molecular weight is 242 g/mol. The topological polar surface area (TPSA) is 0 Å². The third kappa shape index (κ3) is 0.399. The Morgan fingerprint density at radius 2 is 1.67 bits per heavy atom. The summed E-state index contributed by atoms with van der Waals surface area (Å²) in [7, 11) is 0. The van der Waals surface area contributed by atoms with Gasteiger partial charge in [-0.25, -0.2) is 0 Å². The average Bonchev–Trinajstić information content (AvgIpc) is 2.50. The van der Waals surface area contributed by atoms with Gasteiger partial charge >= 0.3 is 0 Å². The van der Waals surface area contributed by atoms with E-state index < -0.39 is 0 Å². The van der Waals surface area contributed by atoms with Crippen LogP contribution in [0.5, 0.6) is 0 Å². The predicted octanol–water partition coefficient (Wildman–Crippen LogP) is 4.35. The maximum atomic E-state index is 2.73. The van der Waals surface area contributed by atoms with Gasteiger partial charge in [-0.1, -0.05) is 34.6 Å². The van der Waals surface area contributed by atoms with Crippen LogP contribution in [-0.2, 0) is 0 Å². The molecular formula is C18H26. The van der Waals surface area contributed by atoms with Crippen molar-refractivity contribution in [2.75, 3.05) is 0 Å². The van der Waals surface area contributed by atoms with Crippen LogP contribution in [0, 0.1) is 56.7 Å². The molecule has 0 nitrogen and oxygen atoms in total. The van der Waals surface area contributed by atoms with Crippen LogP contribution in [0.4, 0.5) is 0 Å². The molecule has 10 atom stereocenters. The second kappa shape index (κ2) is 1.89. The fourth-order valence-electron chi connectivity index (χ4n) is 11.3. The largest absolute Gasteiger partial charge is 0.0617 e. The summed E-state index contributed by atoms with van der Waals surface area (Å²) >= 11 is 0. The minimum atomic E-state index is 0.695. The first kappa shape index (κ1) is 9.83. The summed E-state index contributed by atoms with van der Waals surface area (Å²) in [5.74, 6) is 5.33. The third-order valence-electron chi connectivity index (χ3n) is 11.2. The van der Waals surface area contributed by atoms with E-state index in [-0.39, 0.29) is 0 Å². The van der Waals surface area contributed by atoms with E-state index in [0.717, 1.165) is 45.8 Å². The van der Waals surface area contributed by atoms with Crippen molar-refractivity contribution in [1.29, 1.82) is 0 Å². The van der Waals surface area contributed by atoms with E-state index in [0.29, 0.717) is 10.8 Å². The molecule has 0 aliphatic heterocycles. The molecule has 0 heterocycles. The summed E-state index contributed by atoms with van der Waals surface area (Å²) in [4.78, 5) is 0. The molecule has 8 fully saturated rings. The van der Waals surface area contributed by atoms with Gasteiger partial charge in [-0.3, -0.25) is 0 Å². The molecule has 0 amide bonds. The van der Waals surface area contributed by atoms with E-state index in [2.05, 4.69) is 34.6 Å². The predicted molar refractivity (Wildman–Crippen MR) is 71.8 cm³/mol. The normalized spacial score (nSPS) is 88.2. The van der Waals surface area contributed by atoms with Crippen LogP contribution < -0.4 is 0 Å². The van der Waals surface area contributed by atoms with Gasteiger partial charge in [0.1, 0.15) is 0 Å². The minimum Gasteiger partial charge on any atom is -0.0617 e. The first-order chi connectivity index (χ1) is 8.34. The molecule has 6 bridgehead atoms. The molecule has 0 heteroatoms. The Labute approximate surface area is 111 Å². The van der Waals surface area contributed by atoms with Crippen LogP contribution >= 0.6 is 0 Å². The van der Waals surface area contributed by atoms with E-state index in [4.69, 9.17) is 0 Å². The fourth-order valence-corrected chi connectivity index (χ4v) is 11.3. The number of hydrogen-bond acceptors (Lipinski definition) is 0. The smallest absolute Gasteiger partial charge is 0.00879 e. The number of hydrogen-bond donors (Lipinski definition) is 0. The fraction of sp³-hybridized carbons (Fsp3) is 1.00. The molecule has 8 aliphatic carbocycles. The van der Waals surface area contributed by atoms with Crippen molar-refractivity contribution < 1.29 is 0 Å². The van der Waals surface area contributed by atoms with Crippen LogP contribution in [0.3, 0.4) is 0 Å².